The smallest absolute Gasteiger partial charge is 0.428 e. The number of carbonyl (C=O) groups excluding carboxylic acids is 1. The highest BCUT2D eigenvalue weighted by atomic mass is 79.9. The molecule has 1 aromatic heterocycles. The molecule has 0 bridgehead atoms. The molecule has 4 N–H and O–H groups in total. The first kappa shape index (κ1) is 20.1. The molecule has 3 rings (SSSR count). The fraction of sp³-hybridized carbons (Fsp3) is 0.389. The number of nitrogens with zero attached hydrogens (tertiary/aromatic N) is 2. The van der Waals surface area contributed by atoms with Gasteiger partial charge in [0.15, 0.2) is 0 Å². The van der Waals surface area contributed by atoms with Gasteiger partial charge in [0.05, 0.1) is 5.69 Å². The maximum atomic E-state index is 10.0. The number of imidazole rings is 1. The van der Waals surface area contributed by atoms with Crippen molar-refractivity contribution in [2.24, 2.45) is 5.84 Å². The quantitative estimate of drug-likeness (QED) is 0.379. The molecule has 2 aromatic rings. The van der Waals surface area contributed by atoms with Crippen LogP contribution in [0.4, 0.5) is 4.79 Å². The van der Waals surface area contributed by atoms with E-state index in [1.807, 2.05) is 18.3 Å². The highest BCUT2D eigenvalue weighted by Gasteiger charge is 2.18. The van der Waals surface area contributed by atoms with E-state index in [0.717, 1.165) is 17.1 Å². The molecule has 1 aliphatic rings. The zero-order chi connectivity index (χ0) is 19.1. The Hall–Kier alpha value is -2.19. The molecule has 26 heavy (non-hydrogen) atoms. The van der Waals surface area contributed by atoms with Crippen LogP contribution in [0, 0.1) is 0 Å². The highest BCUT2D eigenvalue weighted by Crippen LogP contribution is 2.32. The fourth-order valence-corrected chi connectivity index (χ4v) is 3.25. The summed E-state index contributed by atoms with van der Waals surface area (Å²) in [6.45, 7) is 1.06. The summed E-state index contributed by atoms with van der Waals surface area (Å²) in [5, 5.41) is 8.04. The molecule has 0 radical (unpaired) electrons. The first-order valence-corrected chi connectivity index (χ1v) is 9.27. The molecule has 1 aromatic carbocycles. The number of nitrogens with two attached hydrogens (primary N) is 1. The van der Waals surface area contributed by atoms with Gasteiger partial charge in [0.25, 0.3) is 0 Å². The molecule has 1 aliphatic carbocycles. The average Bonchev–Trinajstić information content (AvgIpc) is 3.12. The Morgan fingerprint density at radius 3 is 2.54 bits per heavy atom. The van der Waals surface area contributed by atoms with E-state index in [0.29, 0.717) is 5.92 Å². The van der Waals surface area contributed by atoms with Gasteiger partial charge in [-0.3, -0.25) is 4.79 Å². The molecule has 0 unspecified atom stereocenters. The molecule has 7 nitrogen and oxygen atoms in total. The minimum Gasteiger partial charge on any atom is -0.464 e. The van der Waals surface area contributed by atoms with Gasteiger partial charge in [-0.15, -0.1) is 0 Å². The third kappa shape index (κ3) is 5.67. The lowest BCUT2D eigenvalue weighted by Crippen LogP contribution is -2.39. The van der Waals surface area contributed by atoms with Crippen molar-refractivity contribution in [2.45, 2.75) is 44.9 Å². The number of carboxylic acid groups (broad SMARTS) is 1. The van der Waals surface area contributed by atoms with E-state index in [1.54, 1.807) is 0 Å². The predicted molar refractivity (Wildman–Crippen MR) is 102 cm³/mol. The van der Waals surface area contributed by atoms with Crippen molar-refractivity contribution in [1.29, 1.82) is 0 Å². The van der Waals surface area contributed by atoms with Crippen LogP contribution in [-0.4, -0.2) is 32.1 Å². The number of H-pyrrole nitrogens is 1. The second kappa shape index (κ2) is 9.49. The summed E-state index contributed by atoms with van der Waals surface area (Å²) < 4.78 is 1.10. The predicted octanol–water partition coefficient (Wildman–Crippen LogP) is 4.27. The van der Waals surface area contributed by atoms with Gasteiger partial charge in [0, 0.05) is 29.1 Å². The van der Waals surface area contributed by atoms with Crippen LogP contribution < -0.4 is 5.84 Å². The van der Waals surface area contributed by atoms with E-state index in [-0.39, 0.29) is 5.01 Å². The molecule has 1 saturated carbocycles. The molecule has 1 heterocycles. The minimum absolute atomic E-state index is 0.111. The highest BCUT2D eigenvalue weighted by molar-refractivity contribution is 9.10. The average molecular weight is 423 g/mol. The van der Waals surface area contributed by atoms with Gasteiger partial charge in [-0.1, -0.05) is 47.3 Å². The third-order valence-corrected chi connectivity index (χ3v) is 4.75. The number of hydrogen-bond donors (Lipinski definition) is 3. The number of aromatic amines is 1. The number of amides is 2. The van der Waals surface area contributed by atoms with Crippen LogP contribution in [0.5, 0.6) is 0 Å². The van der Waals surface area contributed by atoms with E-state index < -0.39 is 12.0 Å². The first-order valence-electron chi connectivity index (χ1n) is 8.48. The van der Waals surface area contributed by atoms with Crippen molar-refractivity contribution < 1.29 is 14.7 Å². The van der Waals surface area contributed by atoms with Gasteiger partial charge in [-0.05, 0) is 25.0 Å². The van der Waals surface area contributed by atoms with Gasteiger partial charge < -0.3 is 10.1 Å². The van der Waals surface area contributed by atoms with Gasteiger partial charge in [0.2, 0.25) is 5.91 Å². The monoisotopic (exact) mass is 422 g/mol. The summed E-state index contributed by atoms with van der Waals surface area (Å²) in [5.74, 6) is 5.76. The summed E-state index contributed by atoms with van der Waals surface area (Å²) in [4.78, 5) is 27.9. The molecular weight excluding hydrogens is 400 g/mol. The van der Waals surface area contributed by atoms with Crippen molar-refractivity contribution in [3.8, 4) is 11.3 Å². The SMILES string of the molecule is Brc1cccc(-c2c[nH]c(C3CCCCC3)n2)c1.CC(=O)N(N)C(=O)O. The third-order valence-electron chi connectivity index (χ3n) is 4.26. The number of aromatic nitrogens is 2. The van der Waals surface area contributed by atoms with Crippen molar-refractivity contribution >= 4 is 27.9 Å². The maximum Gasteiger partial charge on any atom is 0.428 e. The van der Waals surface area contributed by atoms with E-state index >= 15 is 0 Å². The van der Waals surface area contributed by atoms with Crippen LogP contribution in [-0.2, 0) is 4.79 Å². The lowest BCUT2D eigenvalue weighted by molar-refractivity contribution is -0.127. The van der Waals surface area contributed by atoms with Crippen LogP contribution in [0.1, 0.15) is 50.8 Å². The number of hydrazine groups is 1. The second-order valence-electron chi connectivity index (χ2n) is 6.19. The molecule has 0 spiro atoms. The zero-order valence-corrected chi connectivity index (χ0v) is 16.2. The molecule has 2 amide bonds. The van der Waals surface area contributed by atoms with Crippen LogP contribution in [0.15, 0.2) is 34.9 Å². The summed E-state index contributed by atoms with van der Waals surface area (Å²) >= 11 is 3.50. The van der Waals surface area contributed by atoms with Gasteiger partial charge >= 0.3 is 6.09 Å². The Morgan fingerprint density at radius 1 is 1.31 bits per heavy atom. The first-order chi connectivity index (χ1) is 12.4. The number of nitrogens with one attached hydrogen (secondary N) is 1. The fourth-order valence-electron chi connectivity index (χ4n) is 2.85. The van der Waals surface area contributed by atoms with Crippen LogP contribution in [0.25, 0.3) is 11.3 Å². The lowest BCUT2D eigenvalue weighted by atomic mass is 9.89. The Kier molecular flexibility index (Phi) is 7.35. The summed E-state index contributed by atoms with van der Waals surface area (Å²) in [7, 11) is 0. The molecular formula is C18H23BrN4O3. The zero-order valence-electron chi connectivity index (χ0n) is 14.6. The molecule has 0 aliphatic heterocycles. The molecule has 0 atom stereocenters. The number of benzene rings is 1. The standard InChI is InChI=1S/C15H17BrN2.C3H6N2O3/c16-13-8-4-7-12(9-13)14-10-17-15(18-14)11-5-2-1-3-6-11;1-2(6)5(4)3(7)8/h4,7-11H,1-3,5-6H2,(H,17,18);4H2,1H3,(H,7,8). The summed E-state index contributed by atoms with van der Waals surface area (Å²) in [5.41, 5.74) is 2.22. The lowest BCUT2D eigenvalue weighted by Gasteiger charge is -2.19. The molecule has 0 saturated heterocycles. The topological polar surface area (TPSA) is 112 Å². The van der Waals surface area contributed by atoms with E-state index in [2.05, 4.69) is 38.9 Å². The number of halogens is 1. The molecule has 8 heteroatoms. The van der Waals surface area contributed by atoms with Gasteiger partial charge in [0.1, 0.15) is 5.82 Å². The minimum atomic E-state index is -1.45. The molecule has 1 fully saturated rings. The number of imide groups is 1. The van der Waals surface area contributed by atoms with Crippen molar-refractivity contribution in [3.05, 3.63) is 40.8 Å². The summed E-state index contributed by atoms with van der Waals surface area (Å²) in [6.07, 6.45) is 7.23. The largest absolute Gasteiger partial charge is 0.464 e. The van der Waals surface area contributed by atoms with E-state index in [4.69, 9.17) is 10.1 Å². The van der Waals surface area contributed by atoms with Gasteiger partial charge in [-0.2, -0.15) is 5.01 Å². The van der Waals surface area contributed by atoms with Crippen molar-refractivity contribution in [2.75, 3.05) is 0 Å². The number of rotatable bonds is 2. The van der Waals surface area contributed by atoms with E-state index in [9.17, 15) is 9.59 Å². The Bertz CT molecular complexity index is 742. The maximum absolute atomic E-state index is 10.0. The molecule has 140 valence electrons. The second-order valence-corrected chi connectivity index (χ2v) is 7.10. The summed E-state index contributed by atoms with van der Waals surface area (Å²) in [6, 6.07) is 8.30. The number of hydrogen-bond acceptors (Lipinski definition) is 4. The van der Waals surface area contributed by atoms with Crippen LogP contribution in [0.3, 0.4) is 0 Å². The van der Waals surface area contributed by atoms with E-state index in [1.165, 1.54) is 43.5 Å². The number of carbonyl (C=O) groups is 2. The van der Waals surface area contributed by atoms with Gasteiger partial charge in [-0.25, -0.2) is 15.6 Å². The Morgan fingerprint density at radius 2 is 2.00 bits per heavy atom. The Labute approximate surface area is 160 Å². The van der Waals surface area contributed by atoms with Crippen LogP contribution in [0.2, 0.25) is 0 Å². The van der Waals surface area contributed by atoms with Crippen molar-refractivity contribution in [1.82, 2.24) is 15.0 Å². The van der Waals surface area contributed by atoms with Crippen molar-refractivity contribution in [3.63, 3.8) is 0 Å². The normalized spacial score (nSPS) is 14.3. The Balaban J connectivity index is 0.000000260. The van der Waals surface area contributed by atoms with Crippen LogP contribution >= 0.6 is 15.9 Å².